The number of nitrogen functional groups attached to an aromatic ring is 1. The molecular formula is C41H69N5O6. The van der Waals surface area contributed by atoms with Crippen LogP contribution in [0.1, 0.15) is 168 Å². The van der Waals surface area contributed by atoms with Gasteiger partial charge in [0.2, 0.25) is 5.95 Å². The lowest BCUT2D eigenvalue weighted by Crippen LogP contribution is -2.29. The molecule has 11 heteroatoms. The van der Waals surface area contributed by atoms with Crippen LogP contribution in [0.5, 0.6) is 0 Å². The van der Waals surface area contributed by atoms with Gasteiger partial charge in [-0.05, 0) is 64.2 Å². The molecule has 2 rings (SSSR count). The lowest BCUT2D eigenvalue weighted by Gasteiger charge is -2.18. The van der Waals surface area contributed by atoms with Crippen molar-refractivity contribution in [2.45, 2.75) is 181 Å². The van der Waals surface area contributed by atoms with Gasteiger partial charge < -0.3 is 19.9 Å². The number of carbonyl (C=O) groups is 2. The van der Waals surface area contributed by atoms with Gasteiger partial charge in [-0.3, -0.25) is 23.9 Å². The predicted molar refractivity (Wildman–Crippen MR) is 210 cm³/mol. The fraction of sp³-hybridized carbons (Fsp3) is 0.732. The number of imidazole rings is 1. The summed E-state index contributed by atoms with van der Waals surface area (Å²) in [5, 5.41) is 0. The van der Waals surface area contributed by atoms with E-state index in [4.69, 9.17) is 19.9 Å². The number of hydrogen-bond donors (Lipinski definition) is 2. The van der Waals surface area contributed by atoms with Gasteiger partial charge in [-0.15, -0.1) is 0 Å². The number of esters is 2. The summed E-state index contributed by atoms with van der Waals surface area (Å²) in [4.78, 5) is 47.9. The molecule has 2 aromatic rings. The highest BCUT2D eigenvalue weighted by atomic mass is 16.6. The summed E-state index contributed by atoms with van der Waals surface area (Å²) in [6.45, 7) is 4.30. The van der Waals surface area contributed by atoms with Gasteiger partial charge >= 0.3 is 11.9 Å². The van der Waals surface area contributed by atoms with Gasteiger partial charge in [0.1, 0.15) is 26.0 Å². The van der Waals surface area contributed by atoms with Gasteiger partial charge in [0, 0.05) is 12.8 Å². The van der Waals surface area contributed by atoms with E-state index in [1.807, 2.05) is 0 Å². The molecule has 0 bridgehead atoms. The molecule has 0 unspecified atom stereocenters. The number of nitrogens with zero attached hydrogens (tertiary/aromatic N) is 3. The number of aromatic amines is 1. The lowest BCUT2D eigenvalue weighted by atomic mass is 10.1. The monoisotopic (exact) mass is 728 g/mol. The first-order valence-corrected chi connectivity index (χ1v) is 20.4. The molecule has 3 N–H and O–H groups in total. The predicted octanol–water partition coefficient (Wildman–Crippen LogP) is 9.65. The third kappa shape index (κ3) is 21.8. The number of allylic oxidation sites excluding steroid dienone is 4. The van der Waals surface area contributed by atoms with Crippen molar-refractivity contribution in [2.24, 2.45) is 0 Å². The molecule has 0 amide bonds. The van der Waals surface area contributed by atoms with Crippen molar-refractivity contribution in [3.63, 3.8) is 0 Å². The summed E-state index contributed by atoms with van der Waals surface area (Å²) in [6.07, 6.45) is 36.0. The minimum atomic E-state index is -0.705. The fourth-order valence-corrected chi connectivity index (χ4v) is 5.88. The topological polar surface area (TPSA) is 151 Å². The van der Waals surface area contributed by atoms with Crippen LogP contribution in [0.25, 0.3) is 11.2 Å². The molecule has 0 radical (unpaired) electrons. The minimum Gasteiger partial charge on any atom is -0.463 e. The zero-order chi connectivity index (χ0) is 37.5. The Morgan fingerprint density at radius 3 is 1.63 bits per heavy atom. The van der Waals surface area contributed by atoms with Crippen molar-refractivity contribution in [1.29, 1.82) is 0 Å². The number of rotatable bonds is 33. The average Bonchev–Trinajstić information content (AvgIpc) is 3.54. The van der Waals surface area contributed by atoms with Gasteiger partial charge in [0.05, 0.1) is 6.33 Å². The van der Waals surface area contributed by atoms with Crippen LogP contribution < -0.4 is 11.3 Å². The Bertz CT molecular complexity index is 1280. The molecule has 294 valence electrons. The number of hydrogen-bond acceptors (Lipinski definition) is 9. The zero-order valence-corrected chi connectivity index (χ0v) is 32.4. The van der Waals surface area contributed by atoms with Crippen LogP contribution in [-0.2, 0) is 30.5 Å². The SMILES string of the molecule is CCCCCCC=CCCCCCCCC(=O)OCC(COC(=O)CCCCCCCC=CCCCCCC)OCn1cnc2c(=O)[nH]c(N)nc21. The number of nitrogens with two attached hydrogens (primary N) is 1. The zero-order valence-electron chi connectivity index (χ0n) is 32.4. The molecule has 2 heterocycles. The summed E-state index contributed by atoms with van der Waals surface area (Å²) in [7, 11) is 0. The van der Waals surface area contributed by atoms with Crippen molar-refractivity contribution < 1.29 is 23.8 Å². The highest BCUT2D eigenvalue weighted by Gasteiger charge is 2.18. The third-order valence-electron chi connectivity index (χ3n) is 9.09. The number of fused-ring (bicyclic) bond motifs is 1. The number of unbranched alkanes of at least 4 members (excludes halogenated alkanes) is 18. The molecule has 2 aromatic heterocycles. The van der Waals surface area contributed by atoms with Crippen LogP contribution in [0.3, 0.4) is 0 Å². The van der Waals surface area contributed by atoms with Crippen LogP contribution in [0, 0.1) is 0 Å². The molecule has 0 saturated carbocycles. The molecule has 0 aromatic carbocycles. The molecule has 0 saturated heterocycles. The second kappa shape index (κ2) is 30.0. The molecule has 52 heavy (non-hydrogen) atoms. The maximum absolute atomic E-state index is 12.5. The average molecular weight is 728 g/mol. The maximum atomic E-state index is 12.5. The summed E-state index contributed by atoms with van der Waals surface area (Å²) in [5.41, 5.74) is 5.67. The van der Waals surface area contributed by atoms with E-state index in [0.717, 1.165) is 64.2 Å². The van der Waals surface area contributed by atoms with E-state index in [1.165, 1.54) is 87.9 Å². The van der Waals surface area contributed by atoms with Gasteiger partial charge in [0.15, 0.2) is 11.2 Å². The Morgan fingerprint density at radius 2 is 1.15 bits per heavy atom. The molecule has 0 atom stereocenters. The fourth-order valence-electron chi connectivity index (χ4n) is 5.88. The number of H-pyrrole nitrogens is 1. The quantitative estimate of drug-likeness (QED) is 0.0416. The normalized spacial score (nSPS) is 12.3. The number of nitrogens with one attached hydrogen (secondary N) is 1. The van der Waals surface area contributed by atoms with Gasteiger partial charge in [-0.2, -0.15) is 4.98 Å². The largest absolute Gasteiger partial charge is 0.463 e. The summed E-state index contributed by atoms with van der Waals surface area (Å²) in [6, 6.07) is 0. The smallest absolute Gasteiger partial charge is 0.305 e. The molecular weight excluding hydrogens is 658 g/mol. The van der Waals surface area contributed by atoms with Crippen LogP contribution in [0.2, 0.25) is 0 Å². The Hall–Kier alpha value is -3.47. The van der Waals surface area contributed by atoms with Gasteiger partial charge in [-0.1, -0.05) is 115 Å². The van der Waals surface area contributed by atoms with E-state index in [2.05, 4.69) is 53.1 Å². The second-order valence-electron chi connectivity index (χ2n) is 13.9. The highest BCUT2D eigenvalue weighted by molar-refractivity contribution is 5.70. The van der Waals surface area contributed by atoms with E-state index in [1.54, 1.807) is 0 Å². The Labute approximate surface area is 312 Å². The number of anilines is 1. The van der Waals surface area contributed by atoms with Crippen LogP contribution in [0.4, 0.5) is 5.95 Å². The number of carbonyl (C=O) groups excluding carboxylic acids is 2. The van der Waals surface area contributed by atoms with Crippen molar-refractivity contribution in [3.8, 4) is 0 Å². The summed E-state index contributed by atoms with van der Waals surface area (Å²) < 4.78 is 18.6. The van der Waals surface area contributed by atoms with Crippen LogP contribution in [0.15, 0.2) is 35.4 Å². The molecule has 0 fully saturated rings. The van der Waals surface area contributed by atoms with Crippen LogP contribution in [-0.4, -0.2) is 50.8 Å². The lowest BCUT2D eigenvalue weighted by molar-refractivity contribution is -0.157. The first-order chi connectivity index (χ1) is 25.4. The Morgan fingerprint density at radius 1 is 0.712 bits per heavy atom. The Kier molecular flexibility index (Phi) is 25.8. The van der Waals surface area contributed by atoms with Crippen molar-refractivity contribution >= 4 is 29.1 Å². The van der Waals surface area contributed by atoms with Gasteiger partial charge in [-0.25, -0.2) is 4.98 Å². The van der Waals surface area contributed by atoms with Crippen molar-refractivity contribution in [1.82, 2.24) is 19.5 Å². The summed E-state index contributed by atoms with van der Waals surface area (Å²) >= 11 is 0. The molecule has 0 aliphatic carbocycles. The van der Waals surface area contributed by atoms with E-state index in [9.17, 15) is 14.4 Å². The van der Waals surface area contributed by atoms with Crippen LogP contribution >= 0.6 is 0 Å². The van der Waals surface area contributed by atoms with E-state index in [0.29, 0.717) is 12.8 Å². The first kappa shape index (κ1) is 44.7. The van der Waals surface area contributed by atoms with Crippen molar-refractivity contribution in [2.75, 3.05) is 18.9 Å². The summed E-state index contributed by atoms with van der Waals surface area (Å²) in [5.74, 6) is -0.640. The number of aromatic nitrogens is 4. The van der Waals surface area contributed by atoms with E-state index < -0.39 is 11.7 Å². The standard InChI is InChI=1S/C41H69N5O6/c1-3-5-7-9-11-13-15-17-19-21-23-25-27-29-36(47)50-31-35(52-34-46-33-43-38-39(46)44-41(42)45-40(38)49)32-51-37(48)30-28-26-24-22-20-18-16-14-12-10-8-6-4-2/h13-16,33,35H,3-12,17-32,34H2,1-2H3,(H3,42,44,45,49). The van der Waals surface area contributed by atoms with E-state index >= 15 is 0 Å². The van der Waals surface area contributed by atoms with Gasteiger partial charge in [0.25, 0.3) is 5.56 Å². The molecule has 11 nitrogen and oxygen atoms in total. The Balaban J connectivity index is 1.68. The molecule has 0 aliphatic heterocycles. The van der Waals surface area contributed by atoms with E-state index in [-0.39, 0.29) is 49.0 Å². The minimum absolute atomic E-state index is 0.0336. The van der Waals surface area contributed by atoms with Crippen molar-refractivity contribution in [3.05, 3.63) is 41.0 Å². The third-order valence-corrected chi connectivity index (χ3v) is 9.09. The maximum Gasteiger partial charge on any atom is 0.305 e. The second-order valence-corrected chi connectivity index (χ2v) is 13.9. The highest BCUT2D eigenvalue weighted by Crippen LogP contribution is 2.13. The number of ether oxygens (including phenoxy) is 3. The molecule has 0 spiro atoms. The first-order valence-electron chi connectivity index (χ1n) is 20.4. The molecule has 0 aliphatic rings.